The fourth-order valence-corrected chi connectivity index (χ4v) is 1.52. The first-order valence-corrected chi connectivity index (χ1v) is 6.20. The lowest BCUT2D eigenvalue weighted by atomic mass is 10.1. The van der Waals surface area contributed by atoms with Crippen LogP contribution in [-0.4, -0.2) is 29.2 Å². The third kappa shape index (κ3) is 4.17. The van der Waals surface area contributed by atoms with E-state index in [1.165, 1.54) is 25.1 Å². The van der Waals surface area contributed by atoms with Gasteiger partial charge in [0.15, 0.2) is 5.78 Å². The number of ketones is 1. The molecule has 6 nitrogen and oxygen atoms in total. The Kier molecular flexibility index (Phi) is 5.86. The maximum atomic E-state index is 11.7. The highest BCUT2D eigenvalue weighted by Crippen LogP contribution is 2.21. The molecule has 0 N–H and O–H groups in total. The van der Waals surface area contributed by atoms with Crippen molar-refractivity contribution in [1.29, 1.82) is 0 Å². The summed E-state index contributed by atoms with van der Waals surface area (Å²) in [6, 6.07) is 5.79. The number of Topliss-reactive ketones (excluding diaryl/α,β-unsaturated/α-hetero) is 1. The molecule has 0 fully saturated rings. The van der Waals surface area contributed by atoms with Crippen LogP contribution in [0.4, 0.5) is 5.69 Å². The number of carbonyl (C=O) groups excluding carboxylic acids is 2. The number of rotatable bonds is 6. The van der Waals surface area contributed by atoms with Crippen LogP contribution in [0.5, 0.6) is 0 Å². The molecule has 0 unspecified atom stereocenters. The SMILES string of the molecule is CC(=O)C(=Cc1ccccc1[N+](=O)[O-])C(=O)OCCCl. The number of alkyl halides is 1. The molecule has 106 valence electrons. The van der Waals surface area contributed by atoms with Crippen LogP contribution in [0.25, 0.3) is 6.08 Å². The van der Waals surface area contributed by atoms with Crippen LogP contribution in [0.3, 0.4) is 0 Å². The van der Waals surface area contributed by atoms with Gasteiger partial charge in [0.25, 0.3) is 5.69 Å². The Morgan fingerprint density at radius 2 is 2.05 bits per heavy atom. The van der Waals surface area contributed by atoms with E-state index in [4.69, 9.17) is 16.3 Å². The van der Waals surface area contributed by atoms with E-state index >= 15 is 0 Å². The minimum Gasteiger partial charge on any atom is -0.461 e. The Balaban J connectivity index is 3.18. The molecular weight excluding hydrogens is 286 g/mol. The fraction of sp³-hybridized carbons (Fsp3) is 0.231. The number of hydrogen-bond donors (Lipinski definition) is 0. The summed E-state index contributed by atoms with van der Waals surface area (Å²) in [5.41, 5.74) is -0.300. The minimum absolute atomic E-state index is 0.0398. The van der Waals surface area contributed by atoms with Crippen molar-refractivity contribution in [2.45, 2.75) is 6.92 Å². The first-order valence-electron chi connectivity index (χ1n) is 5.66. The Morgan fingerprint density at radius 1 is 1.40 bits per heavy atom. The summed E-state index contributed by atoms with van der Waals surface area (Å²) in [5, 5.41) is 10.9. The van der Waals surface area contributed by atoms with Crippen LogP contribution in [0.15, 0.2) is 29.8 Å². The highest BCUT2D eigenvalue weighted by Gasteiger charge is 2.19. The molecule has 0 aliphatic carbocycles. The van der Waals surface area contributed by atoms with Gasteiger partial charge in [0.2, 0.25) is 0 Å². The lowest BCUT2D eigenvalue weighted by molar-refractivity contribution is -0.385. The maximum Gasteiger partial charge on any atom is 0.341 e. The summed E-state index contributed by atoms with van der Waals surface area (Å²) in [4.78, 5) is 33.4. The number of esters is 1. The molecule has 1 aromatic rings. The number of hydrogen-bond acceptors (Lipinski definition) is 5. The summed E-state index contributed by atoms with van der Waals surface area (Å²) in [5.74, 6) is -1.29. The predicted octanol–water partition coefficient (Wildman–Crippen LogP) is 2.35. The molecule has 0 amide bonds. The first-order chi connectivity index (χ1) is 9.47. The third-order valence-electron chi connectivity index (χ3n) is 2.34. The minimum atomic E-state index is -0.851. The van der Waals surface area contributed by atoms with Gasteiger partial charge in [-0.25, -0.2) is 4.79 Å². The molecule has 0 bridgehead atoms. The van der Waals surface area contributed by atoms with E-state index in [0.29, 0.717) is 0 Å². The molecule has 0 saturated heterocycles. The lowest BCUT2D eigenvalue weighted by Crippen LogP contribution is -2.15. The maximum absolute atomic E-state index is 11.7. The van der Waals surface area contributed by atoms with E-state index in [0.717, 1.165) is 6.08 Å². The van der Waals surface area contributed by atoms with Gasteiger partial charge in [-0.05, 0) is 19.1 Å². The van der Waals surface area contributed by atoms with Gasteiger partial charge < -0.3 is 4.74 Å². The lowest BCUT2D eigenvalue weighted by Gasteiger charge is -2.04. The van der Waals surface area contributed by atoms with Gasteiger partial charge in [0.1, 0.15) is 12.2 Å². The summed E-state index contributed by atoms with van der Waals surface area (Å²) in [6.45, 7) is 1.14. The van der Waals surface area contributed by atoms with Gasteiger partial charge >= 0.3 is 5.97 Å². The molecule has 20 heavy (non-hydrogen) atoms. The van der Waals surface area contributed by atoms with E-state index in [1.807, 2.05) is 0 Å². The van der Waals surface area contributed by atoms with Crippen molar-refractivity contribution < 1.29 is 19.2 Å². The number of para-hydroxylation sites is 1. The molecule has 0 aliphatic rings. The topological polar surface area (TPSA) is 86.5 Å². The Morgan fingerprint density at radius 3 is 2.60 bits per heavy atom. The van der Waals surface area contributed by atoms with Crippen LogP contribution in [0, 0.1) is 10.1 Å². The normalized spacial score (nSPS) is 11.0. The molecule has 7 heteroatoms. The molecule has 0 aromatic heterocycles. The second-order valence-electron chi connectivity index (χ2n) is 3.76. The van der Waals surface area contributed by atoms with Crippen molar-refractivity contribution in [2.24, 2.45) is 0 Å². The van der Waals surface area contributed by atoms with Gasteiger partial charge in [-0.1, -0.05) is 12.1 Å². The molecule has 0 aliphatic heterocycles. The second kappa shape index (κ2) is 7.40. The van der Waals surface area contributed by atoms with Gasteiger partial charge in [0, 0.05) is 6.07 Å². The quantitative estimate of drug-likeness (QED) is 0.153. The summed E-state index contributed by atoms with van der Waals surface area (Å²) in [6.07, 6.45) is 1.15. The smallest absolute Gasteiger partial charge is 0.341 e. The number of halogens is 1. The van der Waals surface area contributed by atoms with Crippen LogP contribution in [0.2, 0.25) is 0 Å². The van der Waals surface area contributed by atoms with Gasteiger partial charge in [-0.15, -0.1) is 11.6 Å². The number of nitro groups is 1. The molecular formula is C13H12ClNO5. The van der Waals surface area contributed by atoms with Crippen LogP contribution >= 0.6 is 11.6 Å². The standard InChI is InChI=1S/C13H12ClNO5/c1-9(16)11(13(17)20-7-6-14)8-10-4-2-3-5-12(10)15(18)19/h2-5,8H,6-7H2,1H3. The van der Waals surface area contributed by atoms with Crippen LogP contribution in [0.1, 0.15) is 12.5 Å². The molecule has 0 heterocycles. The zero-order valence-electron chi connectivity index (χ0n) is 10.7. The Labute approximate surface area is 120 Å². The molecule has 0 radical (unpaired) electrons. The van der Waals surface area contributed by atoms with E-state index in [-0.39, 0.29) is 29.3 Å². The van der Waals surface area contributed by atoms with Crippen molar-refractivity contribution in [2.75, 3.05) is 12.5 Å². The fourth-order valence-electron chi connectivity index (χ4n) is 1.44. The molecule has 0 saturated carbocycles. The molecule has 1 rings (SSSR count). The molecule has 0 spiro atoms. The van der Waals surface area contributed by atoms with Gasteiger partial charge in [0.05, 0.1) is 16.4 Å². The number of nitro benzene ring substituents is 1. The molecule has 0 atom stereocenters. The average molecular weight is 298 g/mol. The summed E-state index contributed by atoms with van der Waals surface area (Å²) in [7, 11) is 0. The first kappa shape index (κ1) is 15.8. The summed E-state index contributed by atoms with van der Waals surface area (Å²) < 4.78 is 4.76. The van der Waals surface area contributed by atoms with E-state index in [2.05, 4.69) is 0 Å². The van der Waals surface area contributed by atoms with E-state index < -0.39 is 16.7 Å². The zero-order chi connectivity index (χ0) is 15.1. The van der Waals surface area contributed by atoms with E-state index in [9.17, 15) is 19.7 Å². The van der Waals surface area contributed by atoms with Crippen molar-refractivity contribution in [1.82, 2.24) is 0 Å². The third-order valence-corrected chi connectivity index (χ3v) is 2.50. The largest absolute Gasteiger partial charge is 0.461 e. The highest BCUT2D eigenvalue weighted by atomic mass is 35.5. The molecule has 1 aromatic carbocycles. The van der Waals surface area contributed by atoms with Crippen molar-refractivity contribution >= 4 is 35.1 Å². The van der Waals surface area contributed by atoms with Crippen LogP contribution in [-0.2, 0) is 14.3 Å². The number of ether oxygens (including phenoxy) is 1. The van der Waals surface area contributed by atoms with Crippen molar-refractivity contribution in [3.05, 3.63) is 45.5 Å². The Bertz CT molecular complexity index is 568. The number of nitrogens with zero attached hydrogens (tertiary/aromatic N) is 1. The zero-order valence-corrected chi connectivity index (χ0v) is 11.4. The van der Waals surface area contributed by atoms with E-state index in [1.54, 1.807) is 6.07 Å². The average Bonchev–Trinajstić information content (AvgIpc) is 2.42. The summed E-state index contributed by atoms with van der Waals surface area (Å²) >= 11 is 5.39. The van der Waals surface area contributed by atoms with Crippen molar-refractivity contribution in [3.8, 4) is 0 Å². The number of benzene rings is 1. The van der Waals surface area contributed by atoms with Crippen LogP contribution < -0.4 is 0 Å². The number of carbonyl (C=O) groups is 2. The van der Waals surface area contributed by atoms with Gasteiger partial charge in [-0.3, -0.25) is 14.9 Å². The monoisotopic (exact) mass is 297 g/mol. The Hall–Kier alpha value is -2.21. The van der Waals surface area contributed by atoms with Crippen molar-refractivity contribution in [3.63, 3.8) is 0 Å². The highest BCUT2D eigenvalue weighted by molar-refractivity contribution is 6.20. The second-order valence-corrected chi connectivity index (χ2v) is 4.13. The van der Waals surface area contributed by atoms with Gasteiger partial charge in [-0.2, -0.15) is 0 Å². The predicted molar refractivity (Wildman–Crippen MR) is 73.4 cm³/mol.